The third-order valence-corrected chi connectivity index (χ3v) is 8.45. The zero-order valence-electron chi connectivity index (χ0n) is 23.9. The maximum absolute atomic E-state index is 14.1. The van der Waals surface area contributed by atoms with Crippen LogP contribution >= 0.6 is 11.6 Å². The van der Waals surface area contributed by atoms with Gasteiger partial charge < -0.3 is 13.7 Å². The van der Waals surface area contributed by atoms with Crippen LogP contribution in [0.4, 0.5) is 0 Å². The third-order valence-electron chi connectivity index (χ3n) is 8.21. The highest BCUT2D eigenvalue weighted by Crippen LogP contribution is 2.42. The smallest absolute Gasteiger partial charge is 0.202 e. The Morgan fingerprint density at radius 2 is 1.93 bits per heavy atom. The number of halogens is 1. The molecule has 4 heterocycles. The van der Waals surface area contributed by atoms with Crippen molar-refractivity contribution in [1.82, 2.24) is 24.6 Å². The van der Waals surface area contributed by atoms with Crippen molar-refractivity contribution in [2.45, 2.75) is 45.3 Å². The normalized spacial score (nSPS) is 17.7. The number of rotatable bonds is 6. The summed E-state index contributed by atoms with van der Waals surface area (Å²) in [4.78, 5) is 21.5. The van der Waals surface area contributed by atoms with Gasteiger partial charge in [0.1, 0.15) is 18.2 Å². The van der Waals surface area contributed by atoms with E-state index in [1.807, 2.05) is 48.9 Å². The fourth-order valence-electron chi connectivity index (χ4n) is 5.96. The molecule has 7 rings (SSSR count). The van der Waals surface area contributed by atoms with Crippen molar-refractivity contribution in [3.8, 4) is 33.8 Å². The fourth-order valence-corrected chi connectivity index (χ4v) is 6.14. The molecule has 1 atom stereocenters. The molecule has 0 unspecified atom stereocenters. The highest BCUT2D eigenvalue weighted by atomic mass is 35.5. The summed E-state index contributed by atoms with van der Waals surface area (Å²) in [6.07, 6.45) is 5.61. The molecule has 0 spiro atoms. The van der Waals surface area contributed by atoms with Gasteiger partial charge in [-0.05, 0) is 79.3 Å². The number of hydrogen-bond donors (Lipinski definition) is 0. The predicted octanol–water partition coefficient (Wildman–Crippen LogP) is 6.38. The van der Waals surface area contributed by atoms with Gasteiger partial charge in [0.2, 0.25) is 5.43 Å². The highest BCUT2D eigenvalue weighted by molar-refractivity contribution is 6.31. The van der Waals surface area contributed by atoms with E-state index in [4.69, 9.17) is 25.7 Å². The van der Waals surface area contributed by atoms with E-state index in [0.29, 0.717) is 39.0 Å². The lowest BCUT2D eigenvalue weighted by Gasteiger charge is -2.31. The van der Waals surface area contributed by atoms with E-state index in [0.717, 1.165) is 72.6 Å². The quantitative estimate of drug-likeness (QED) is 0.230. The van der Waals surface area contributed by atoms with Crippen molar-refractivity contribution in [2.75, 3.05) is 19.7 Å². The molecule has 9 heteroatoms. The Labute approximate surface area is 248 Å². The molecule has 1 saturated carbocycles. The molecule has 0 bridgehead atoms. The van der Waals surface area contributed by atoms with Crippen LogP contribution in [0.5, 0.6) is 0 Å². The van der Waals surface area contributed by atoms with Gasteiger partial charge in [0, 0.05) is 48.9 Å². The van der Waals surface area contributed by atoms with Gasteiger partial charge in [0.15, 0.2) is 5.82 Å². The molecule has 1 aliphatic carbocycles. The molecule has 3 aromatic heterocycles. The van der Waals surface area contributed by atoms with Crippen LogP contribution in [0.15, 0.2) is 64.3 Å². The van der Waals surface area contributed by atoms with E-state index >= 15 is 0 Å². The first kappa shape index (κ1) is 27.0. The van der Waals surface area contributed by atoms with Gasteiger partial charge in [-0.15, -0.1) is 10.2 Å². The van der Waals surface area contributed by atoms with Crippen LogP contribution in [0.25, 0.3) is 44.7 Å². The second-order valence-corrected chi connectivity index (χ2v) is 12.0. The van der Waals surface area contributed by atoms with Crippen molar-refractivity contribution >= 4 is 22.6 Å². The number of aryl methyl sites for hydroxylation is 2. The summed E-state index contributed by atoms with van der Waals surface area (Å²) in [6, 6.07) is 14.0. The Kier molecular flexibility index (Phi) is 6.92. The number of ether oxygens (including phenoxy) is 1. The lowest BCUT2D eigenvalue weighted by molar-refractivity contribution is -0.0212. The molecule has 2 fully saturated rings. The van der Waals surface area contributed by atoms with Gasteiger partial charge in [-0.25, -0.2) is 0 Å². The molecule has 214 valence electrons. The van der Waals surface area contributed by atoms with Gasteiger partial charge >= 0.3 is 0 Å². The molecule has 42 heavy (non-hydrogen) atoms. The standard InChI is InChI=1S/C33H32ClN5O3/c1-19-10-21(16-39-8-9-41-20(2)15-39)11-27-31(40)28(17-42-32(19)27)30-13-23(12-29(36-30)22-4-5-22)25-7-6-24(34)14-26(25)33-37-35-18-38(33)3/h6-7,10-14,17-18,20,22H,4-5,8-9,15-16H2,1-3H3/t20-/m1/s1. The Bertz CT molecular complexity index is 1880. The van der Waals surface area contributed by atoms with Crippen molar-refractivity contribution in [2.24, 2.45) is 7.05 Å². The van der Waals surface area contributed by atoms with Crippen LogP contribution in [0.3, 0.4) is 0 Å². The van der Waals surface area contributed by atoms with Crippen LogP contribution in [-0.2, 0) is 18.3 Å². The van der Waals surface area contributed by atoms with Crippen LogP contribution in [0, 0.1) is 6.92 Å². The second-order valence-electron chi connectivity index (χ2n) is 11.6. The molecule has 0 amide bonds. The molecule has 2 aromatic carbocycles. The number of benzene rings is 2. The maximum atomic E-state index is 14.1. The molecular formula is C33H32ClN5O3. The number of hydrogen-bond acceptors (Lipinski definition) is 7. The summed E-state index contributed by atoms with van der Waals surface area (Å²) in [5.74, 6) is 1.09. The lowest BCUT2D eigenvalue weighted by Crippen LogP contribution is -2.40. The molecule has 8 nitrogen and oxygen atoms in total. The molecule has 1 aliphatic heterocycles. The monoisotopic (exact) mass is 581 g/mol. The molecular weight excluding hydrogens is 550 g/mol. The van der Waals surface area contributed by atoms with Crippen molar-refractivity contribution in [3.05, 3.63) is 87.1 Å². The summed E-state index contributed by atoms with van der Waals surface area (Å²) >= 11 is 6.43. The Balaban J connectivity index is 1.35. The summed E-state index contributed by atoms with van der Waals surface area (Å²) in [7, 11) is 1.91. The molecule has 5 aromatic rings. The summed E-state index contributed by atoms with van der Waals surface area (Å²) in [5, 5.41) is 9.60. The maximum Gasteiger partial charge on any atom is 0.202 e. The van der Waals surface area contributed by atoms with E-state index in [-0.39, 0.29) is 11.5 Å². The average Bonchev–Trinajstić information content (AvgIpc) is 3.73. The summed E-state index contributed by atoms with van der Waals surface area (Å²) in [5.41, 5.74) is 7.38. The zero-order valence-corrected chi connectivity index (χ0v) is 24.7. The molecule has 0 radical (unpaired) electrons. The number of morpholine rings is 1. The van der Waals surface area contributed by atoms with Crippen LogP contribution in [0.2, 0.25) is 5.02 Å². The Hall–Kier alpha value is -3.85. The van der Waals surface area contributed by atoms with Crippen LogP contribution < -0.4 is 5.43 Å². The topological polar surface area (TPSA) is 86.3 Å². The third kappa shape index (κ3) is 5.15. The largest absolute Gasteiger partial charge is 0.463 e. The Morgan fingerprint density at radius 3 is 2.69 bits per heavy atom. The van der Waals surface area contributed by atoms with Crippen molar-refractivity contribution in [1.29, 1.82) is 0 Å². The van der Waals surface area contributed by atoms with Crippen molar-refractivity contribution in [3.63, 3.8) is 0 Å². The van der Waals surface area contributed by atoms with Crippen LogP contribution in [-0.4, -0.2) is 50.4 Å². The number of pyridine rings is 1. The number of nitrogens with zero attached hydrogens (tertiary/aromatic N) is 5. The fraction of sp³-hybridized carbons (Fsp3) is 0.333. The van der Waals surface area contributed by atoms with E-state index in [1.165, 1.54) is 0 Å². The zero-order chi connectivity index (χ0) is 29.0. The first-order valence-corrected chi connectivity index (χ1v) is 14.8. The number of aromatic nitrogens is 4. The lowest BCUT2D eigenvalue weighted by atomic mass is 9.96. The first-order chi connectivity index (χ1) is 20.3. The van der Waals surface area contributed by atoms with Crippen molar-refractivity contribution < 1.29 is 9.15 Å². The predicted molar refractivity (Wildman–Crippen MR) is 164 cm³/mol. The Morgan fingerprint density at radius 1 is 1.07 bits per heavy atom. The second kappa shape index (κ2) is 10.8. The highest BCUT2D eigenvalue weighted by Gasteiger charge is 2.27. The first-order valence-electron chi connectivity index (χ1n) is 14.4. The summed E-state index contributed by atoms with van der Waals surface area (Å²) in [6.45, 7) is 7.31. The molecule has 0 N–H and O–H groups in total. The van der Waals surface area contributed by atoms with E-state index < -0.39 is 0 Å². The van der Waals surface area contributed by atoms with E-state index in [1.54, 1.807) is 12.6 Å². The van der Waals surface area contributed by atoms with Gasteiger partial charge in [0.25, 0.3) is 0 Å². The molecule has 2 aliphatic rings. The minimum Gasteiger partial charge on any atom is -0.463 e. The van der Waals surface area contributed by atoms with Gasteiger partial charge in [0.05, 0.1) is 29.4 Å². The minimum absolute atomic E-state index is 0.0763. The summed E-state index contributed by atoms with van der Waals surface area (Å²) < 4.78 is 13.7. The van der Waals surface area contributed by atoms with Gasteiger partial charge in [-0.3, -0.25) is 14.7 Å². The number of fused-ring (bicyclic) bond motifs is 1. The van der Waals surface area contributed by atoms with Crippen LogP contribution in [0.1, 0.15) is 42.5 Å². The van der Waals surface area contributed by atoms with E-state index in [9.17, 15) is 4.79 Å². The van der Waals surface area contributed by atoms with Gasteiger partial charge in [-0.1, -0.05) is 23.7 Å². The van der Waals surface area contributed by atoms with E-state index in [2.05, 4.69) is 34.2 Å². The van der Waals surface area contributed by atoms with Gasteiger partial charge in [-0.2, -0.15) is 0 Å². The molecule has 1 saturated heterocycles. The SMILES string of the molecule is Cc1cc(CN2CCO[C@H](C)C2)cc2c(=O)c(-c3cc(-c4ccc(Cl)cc4-c4nncn4C)cc(C4CC4)n3)coc12. The average molecular weight is 582 g/mol. The minimum atomic E-state index is -0.0763.